The van der Waals surface area contributed by atoms with Gasteiger partial charge in [-0.05, 0) is 135 Å². The van der Waals surface area contributed by atoms with Crippen LogP contribution in [0, 0.1) is 0 Å². The number of rotatable bonds is 48. The van der Waals surface area contributed by atoms with E-state index in [-0.39, 0.29) is 50.4 Å². The molecule has 6 nitrogen and oxygen atoms in total. The van der Waals surface area contributed by atoms with Crippen LogP contribution in [-0.4, -0.2) is 37.2 Å². The molecule has 0 aliphatic rings. The molecule has 0 N–H and O–H groups in total. The molecule has 0 fully saturated rings. The van der Waals surface area contributed by atoms with Crippen LogP contribution in [0.3, 0.4) is 0 Å². The van der Waals surface area contributed by atoms with E-state index in [2.05, 4.69) is 154 Å². The molecule has 0 spiro atoms. The van der Waals surface area contributed by atoms with Crippen molar-refractivity contribution in [2.45, 2.75) is 232 Å². The lowest BCUT2D eigenvalue weighted by molar-refractivity contribution is -0.167. The van der Waals surface area contributed by atoms with Gasteiger partial charge in [0.2, 0.25) is 0 Å². The predicted molar refractivity (Wildman–Crippen MR) is 297 cm³/mol. The summed E-state index contributed by atoms with van der Waals surface area (Å²) in [5.74, 6) is -1.06. The highest BCUT2D eigenvalue weighted by Gasteiger charge is 2.19. The molecule has 0 aromatic heterocycles. The molecule has 0 saturated carbocycles. The summed E-state index contributed by atoms with van der Waals surface area (Å²) in [4.78, 5) is 38.1. The molecule has 0 aliphatic carbocycles. The molecule has 0 heterocycles. The largest absolute Gasteiger partial charge is 0.462 e. The predicted octanol–water partition coefficient (Wildman–Crippen LogP) is 18.6. The second-order valence-electron chi connectivity index (χ2n) is 17.7. The van der Waals surface area contributed by atoms with Gasteiger partial charge in [-0.15, -0.1) is 0 Å². The van der Waals surface area contributed by atoms with E-state index in [0.717, 1.165) is 96.3 Å². The van der Waals surface area contributed by atoms with Crippen LogP contribution in [0.5, 0.6) is 0 Å². The summed E-state index contributed by atoms with van der Waals surface area (Å²) in [5.41, 5.74) is 0. The summed E-state index contributed by atoms with van der Waals surface area (Å²) in [5, 5.41) is 0. The lowest BCUT2D eigenvalue weighted by atomic mass is 10.1. The topological polar surface area (TPSA) is 78.9 Å². The maximum atomic E-state index is 12.8. The van der Waals surface area contributed by atoms with E-state index in [0.29, 0.717) is 19.3 Å². The van der Waals surface area contributed by atoms with Crippen molar-refractivity contribution in [1.82, 2.24) is 0 Å². The minimum Gasteiger partial charge on any atom is -0.462 e. The Morgan fingerprint density at radius 2 is 0.580 bits per heavy atom. The third-order valence-electron chi connectivity index (χ3n) is 11.1. The van der Waals surface area contributed by atoms with Gasteiger partial charge >= 0.3 is 17.9 Å². The molecule has 1 atom stereocenters. The van der Waals surface area contributed by atoms with Gasteiger partial charge < -0.3 is 14.2 Å². The zero-order chi connectivity index (χ0) is 50.0. The molecule has 0 aromatic carbocycles. The Morgan fingerprint density at radius 1 is 0.304 bits per heavy atom. The highest BCUT2D eigenvalue weighted by atomic mass is 16.6. The second kappa shape index (κ2) is 56.1. The molecule has 388 valence electrons. The van der Waals surface area contributed by atoms with E-state index in [1.54, 1.807) is 0 Å². The fourth-order valence-electron chi connectivity index (χ4n) is 6.96. The monoisotopic (exact) mass is 953 g/mol. The normalized spacial score (nSPS) is 13.1. The molecule has 69 heavy (non-hydrogen) atoms. The standard InChI is InChI=1S/C63H100O6/c1-4-7-10-13-16-19-22-25-28-30-31-33-36-39-42-45-48-51-54-57-63(66)69-60(58-67-61(64)55-52-49-46-43-40-37-34-27-24-21-18-15-12-9-6-3)59-68-62(65)56-53-50-47-44-41-38-35-32-29-26-23-20-17-14-11-8-5-2/h9,12,16,18-19,21,25-29,31,33-35,38-40,42-44,47,60H,4-8,10-11,13-15,17,20,22-24,30,32,36-37,41,45-46,48-59H2,1-3H3/b12-9-,19-16-,21-18-,28-25-,29-26-,33-31-,34-27-,38-35-,42-39-,43-40-,47-44-/t60-/m1/s1. The third-order valence-corrected chi connectivity index (χ3v) is 11.1. The average molecular weight is 953 g/mol. The van der Waals surface area contributed by atoms with Gasteiger partial charge in [0.1, 0.15) is 13.2 Å². The Morgan fingerprint density at radius 3 is 1.00 bits per heavy atom. The SMILES string of the molecule is CC/C=C\C/C=C\C/C=C\C/C=C\CCCCC(=O)OC[C@H](COC(=O)CCC/C=C\C/C=C\C/C=C\CCCCCCCC)OC(=O)CCCCC/C=C\C/C=C\C/C=C\C/C=C\CCCCC. The van der Waals surface area contributed by atoms with Crippen molar-refractivity contribution in [3.63, 3.8) is 0 Å². The average Bonchev–Trinajstić information content (AvgIpc) is 3.35. The number of allylic oxidation sites excluding steroid dienone is 22. The van der Waals surface area contributed by atoms with E-state index in [9.17, 15) is 14.4 Å². The summed E-state index contributed by atoms with van der Waals surface area (Å²) in [6, 6.07) is 0. The van der Waals surface area contributed by atoms with Gasteiger partial charge in [-0.3, -0.25) is 14.4 Å². The van der Waals surface area contributed by atoms with Crippen molar-refractivity contribution in [3.8, 4) is 0 Å². The Labute approximate surface area is 424 Å². The molecule has 0 bridgehead atoms. The van der Waals surface area contributed by atoms with Crippen LogP contribution in [-0.2, 0) is 28.6 Å². The van der Waals surface area contributed by atoms with E-state index in [1.807, 2.05) is 0 Å². The van der Waals surface area contributed by atoms with Crippen LogP contribution < -0.4 is 0 Å². The lowest BCUT2D eigenvalue weighted by Crippen LogP contribution is -2.30. The van der Waals surface area contributed by atoms with Gasteiger partial charge in [0.25, 0.3) is 0 Å². The zero-order valence-electron chi connectivity index (χ0n) is 44.3. The minimum absolute atomic E-state index is 0.133. The molecule has 0 amide bonds. The maximum absolute atomic E-state index is 12.8. The smallest absolute Gasteiger partial charge is 0.306 e. The van der Waals surface area contributed by atoms with Crippen LogP contribution in [0.25, 0.3) is 0 Å². The van der Waals surface area contributed by atoms with E-state index >= 15 is 0 Å². The molecule has 0 rings (SSSR count). The quantitative estimate of drug-likeness (QED) is 0.0262. The van der Waals surface area contributed by atoms with E-state index < -0.39 is 6.10 Å². The van der Waals surface area contributed by atoms with Gasteiger partial charge in [-0.2, -0.15) is 0 Å². The first-order valence-electron chi connectivity index (χ1n) is 27.7. The van der Waals surface area contributed by atoms with Gasteiger partial charge in [0.15, 0.2) is 6.10 Å². The lowest BCUT2D eigenvalue weighted by Gasteiger charge is -2.18. The van der Waals surface area contributed by atoms with Crippen LogP contribution >= 0.6 is 0 Å². The highest BCUT2D eigenvalue weighted by molar-refractivity contribution is 5.71. The minimum atomic E-state index is -0.838. The summed E-state index contributed by atoms with van der Waals surface area (Å²) in [6.45, 7) is 6.37. The van der Waals surface area contributed by atoms with Crippen molar-refractivity contribution < 1.29 is 28.6 Å². The fraction of sp³-hybridized carbons (Fsp3) is 0.603. The number of ether oxygens (including phenoxy) is 3. The Balaban J connectivity index is 4.61. The van der Waals surface area contributed by atoms with E-state index in [1.165, 1.54) is 70.6 Å². The molecule has 0 radical (unpaired) electrons. The summed E-state index contributed by atoms with van der Waals surface area (Å²) >= 11 is 0. The number of carbonyl (C=O) groups excluding carboxylic acids is 3. The molecule has 0 saturated heterocycles. The second-order valence-corrected chi connectivity index (χ2v) is 17.7. The van der Waals surface area contributed by atoms with Crippen molar-refractivity contribution in [2.24, 2.45) is 0 Å². The van der Waals surface area contributed by atoms with Crippen molar-refractivity contribution in [2.75, 3.05) is 13.2 Å². The Bertz CT molecular complexity index is 1510. The van der Waals surface area contributed by atoms with Gasteiger partial charge in [-0.25, -0.2) is 0 Å². The van der Waals surface area contributed by atoms with Crippen LogP contribution in [0.2, 0.25) is 0 Å². The first-order valence-corrected chi connectivity index (χ1v) is 27.7. The number of hydrogen-bond acceptors (Lipinski definition) is 6. The highest BCUT2D eigenvalue weighted by Crippen LogP contribution is 2.11. The van der Waals surface area contributed by atoms with E-state index in [4.69, 9.17) is 14.2 Å². The van der Waals surface area contributed by atoms with Crippen LogP contribution in [0.4, 0.5) is 0 Å². The molecule has 0 aliphatic heterocycles. The molecule has 0 aromatic rings. The summed E-state index contributed by atoms with van der Waals surface area (Å²) in [6.07, 6.45) is 78.7. The molecule has 0 unspecified atom stereocenters. The van der Waals surface area contributed by atoms with Crippen molar-refractivity contribution in [1.29, 1.82) is 0 Å². The maximum Gasteiger partial charge on any atom is 0.306 e. The van der Waals surface area contributed by atoms with Gasteiger partial charge in [0, 0.05) is 19.3 Å². The van der Waals surface area contributed by atoms with Crippen LogP contribution in [0.1, 0.15) is 226 Å². The summed E-state index contributed by atoms with van der Waals surface area (Å²) < 4.78 is 16.7. The zero-order valence-corrected chi connectivity index (χ0v) is 44.3. The summed E-state index contributed by atoms with van der Waals surface area (Å²) in [7, 11) is 0. The number of carbonyl (C=O) groups is 3. The Hall–Kier alpha value is -4.45. The fourth-order valence-corrected chi connectivity index (χ4v) is 6.96. The first-order chi connectivity index (χ1) is 34.0. The molecular formula is C63H100O6. The molecule has 6 heteroatoms. The Kier molecular flexibility index (Phi) is 52.5. The molecular weight excluding hydrogens is 853 g/mol. The first kappa shape index (κ1) is 64.5. The van der Waals surface area contributed by atoms with Gasteiger partial charge in [-0.1, -0.05) is 206 Å². The number of esters is 3. The number of hydrogen-bond donors (Lipinski definition) is 0. The van der Waals surface area contributed by atoms with Crippen LogP contribution in [0.15, 0.2) is 134 Å². The van der Waals surface area contributed by atoms with Gasteiger partial charge in [0.05, 0.1) is 0 Å². The third kappa shape index (κ3) is 54.4. The van der Waals surface area contributed by atoms with Crippen molar-refractivity contribution in [3.05, 3.63) is 134 Å². The number of unbranched alkanes of at least 4 members (excludes halogenated alkanes) is 15. The van der Waals surface area contributed by atoms with Crippen molar-refractivity contribution >= 4 is 17.9 Å².